The van der Waals surface area contributed by atoms with Crippen LogP contribution in [0.25, 0.3) is 0 Å². The Morgan fingerprint density at radius 3 is 1.77 bits per heavy atom. The van der Waals surface area contributed by atoms with E-state index in [1.54, 1.807) is 0 Å². The molecular formula is C27H30NO2+. The quantitative estimate of drug-likeness (QED) is 0.534. The van der Waals surface area contributed by atoms with E-state index in [4.69, 9.17) is 0 Å². The van der Waals surface area contributed by atoms with Gasteiger partial charge in [-0.15, -0.1) is 0 Å². The molecule has 0 saturated heterocycles. The Labute approximate surface area is 179 Å². The number of rotatable bonds is 7. The maximum atomic E-state index is 11.5. The van der Waals surface area contributed by atoms with E-state index in [0.29, 0.717) is 13.0 Å². The van der Waals surface area contributed by atoms with E-state index in [-0.39, 0.29) is 6.04 Å². The van der Waals surface area contributed by atoms with Crippen molar-refractivity contribution in [1.29, 1.82) is 0 Å². The maximum Gasteiger partial charge on any atom is 0.139 e. The molecule has 3 aromatic carbocycles. The standard InChI is InChI=1S/C27H29NO2/c1-22(26(29)23-14-6-3-7-15-23)28(2)21-13-12-20-27(30,24-16-8-4-9-17-24)25-18-10-5-11-19-25/h3-11,14-19,22,26,29-30H,20-21H2,1-2H3/p+1/t22-,26+/m0/s1. The lowest BCUT2D eigenvalue weighted by atomic mass is 9.84. The molecule has 0 saturated carbocycles. The summed E-state index contributed by atoms with van der Waals surface area (Å²) in [5.41, 5.74) is 1.43. The van der Waals surface area contributed by atoms with Crippen LogP contribution in [0.5, 0.6) is 0 Å². The van der Waals surface area contributed by atoms with Gasteiger partial charge in [-0.2, -0.15) is 0 Å². The summed E-state index contributed by atoms with van der Waals surface area (Å²) in [6, 6.07) is 29.1. The third kappa shape index (κ3) is 5.17. The van der Waals surface area contributed by atoms with E-state index >= 15 is 0 Å². The number of quaternary nitrogens is 1. The zero-order chi connectivity index (χ0) is 21.4. The largest absolute Gasteiger partial charge is 0.382 e. The molecule has 0 heterocycles. The van der Waals surface area contributed by atoms with Crippen LogP contribution in [0.2, 0.25) is 0 Å². The van der Waals surface area contributed by atoms with Gasteiger partial charge < -0.3 is 15.1 Å². The summed E-state index contributed by atoms with van der Waals surface area (Å²) < 4.78 is 0. The Kier molecular flexibility index (Phi) is 7.43. The fourth-order valence-electron chi connectivity index (χ4n) is 3.56. The van der Waals surface area contributed by atoms with Crippen LogP contribution in [0.3, 0.4) is 0 Å². The van der Waals surface area contributed by atoms with Crippen molar-refractivity contribution in [2.75, 3.05) is 13.6 Å². The lowest BCUT2D eigenvalue weighted by Gasteiger charge is -2.27. The molecule has 3 N–H and O–H groups in total. The van der Waals surface area contributed by atoms with Crippen molar-refractivity contribution in [3.63, 3.8) is 0 Å². The first-order valence-corrected chi connectivity index (χ1v) is 10.4. The fraction of sp³-hybridized carbons (Fsp3) is 0.259. The van der Waals surface area contributed by atoms with Crippen LogP contribution in [-0.4, -0.2) is 29.8 Å². The third-order valence-electron chi connectivity index (χ3n) is 5.73. The first kappa shape index (κ1) is 21.8. The van der Waals surface area contributed by atoms with E-state index in [0.717, 1.165) is 21.6 Å². The van der Waals surface area contributed by atoms with E-state index < -0.39 is 11.7 Å². The summed E-state index contributed by atoms with van der Waals surface area (Å²) in [6.07, 6.45) is -0.234. The second kappa shape index (κ2) is 10.2. The van der Waals surface area contributed by atoms with Gasteiger partial charge in [0.2, 0.25) is 0 Å². The van der Waals surface area contributed by atoms with Crippen molar-refractivity contribution in [2.45, 2.75) is 31.1 Å². The van der Waals surface area contributed by atoms with Crippen molar-refractivity contribution < 1.29 is 15.1 Å². The first-order valence-electron chi connectivity index (χ1n) is 10.4. The van der Waals surface area contributed by atoms with Crippen LogP contribution in [0.15, 0.2) is 91.0 Å². The van der Waals surface area contributed by atoms with E-state index in [9.17, 15) is 10.2 Å². The molecule has 3 atom stereocenters. The predicted octanol–water partition coefficient (Wildman–Crippen LogP) is 2.95. The first-order chi connectivity index (χ1) is 14.5. The zero-order valence-electron chi connectivity index (χ0n) is 17.6. The zero-order valence-corrected chi connectivity index (χ0v) is 17.6. The number of nitrogens with one attached hydrogen (secondary N) is 1. The average Bonchev–Trinajstić information content (AvgIpc) is 2.82. The molecule has 0 aromatic heterocycles. The van der Waals surface area contributed by atoms with Crippen molar-refractivity contribution >= 4 is 0 Å². The van der Waals surface area contributed by atoms with E-state index in [2.05, 4.69) is 11.8 Å². The summed E-state index contributed by atoms with van der Waals surface area (Å²) >= 11 is 0. The van der Waals surface area contributed by atoms with Crippen LogP contribution in [-0.2, 0) is 5.60 Å². The van der Waals surface area contributed by atoms with Crippen LogP contribution in [0.4, 0.5) is 0 Å². The summed E-state index contributed by atoms with van der Waals surface area (Å²) in [6.45, 7) is 2.61. The number of aliphatic hydroxyl groups is 2. The van der Waals surface area contributed by atoms with Crippen molar-refractivity contribution in [1.82, 2.24) is 0 Å². The SMILES string of the molecule is C[C@@H]([C@@H](O)c1ccccc1)[NH+](C)CC#CCC(O)(c1ccccc1)c1ccccc1. The number of hydrogen-bond donors (Lipinski definition) is 3. The molecule has 3 rings (SSSR count). The Morgan fingerprint density at radius 1 is 0.800 bits per heavy atom. The van der Waals surface area contributed by atoms with Gasteiger partial charge in [-0.05, 0) is 29.5 Å². The topological polar surface area (TPSA) is 44.9 Å². The molecule has 3 aromatic rings. The van der Waals surface area contributed by atoms with Gasteiger partial charge in [0.05, 0.1) is 7.05 Å². The number of aliphatic hydroxyl groups excluding tert-OH is 1. The van der Waals surface area contributed by atoms with Gasteiger partial charge in [0, 0.05) is 6.42 Å². The Hall–Kier alpha value is -2.90. The molecular weight excluding hydrogens is 370 g/mol. The molecule has 3 heteroatoms. The summed E-state index contributed by atoms with van der Waals surface area (Å²) in [5, 5.41) is 22.1. The number of likely N-dealkylation sites (N-methyl/N-ethyl adjacent to an activating group) is 1. The monoisotopic (exact) mass is 400 g/mol. The minimum atomic E-state index is -1.15. The molecule has 30 heavy (non-hydrogen) atoms. The van der Waals surface area contributed by atoms with Crippen LogP contribution >= 0.6 is 0 Å². The predicted molar refractivity (Wildman–Crippen MR) is 121 cm³/mol. The molecule has 0 aliphatic rings. The second-order valence-electron chi connectivity index (χ2n) is 7.79. The van der Waals surface area contributed by atoms with Crippen molar-refractivity contribution in [3.8, 4) is 11.8 Å². The van der Waals surface area contributed by atoms with Crippen LogP contribution in [0.1, 0.15) is 36.1 Å². The highest BCUT2D eigenvalue weighted by Gasteiger charge is 2.30. The molecule has 0 bridgehead atoms. The maximum absolute atomic E-state index is 11.5. The van der Waals surface area contributed by atoms with E-state index in [1.807, 2.05) is 105 Å². The molecule has 0 aliphatic heterocycles. The normalized spacial score (nSPS) is 14.3. The van der Waals surface area contributed by atoms with Gasteiger partial charge in [-0.1, -0.05) is 96.9 Å². The Morgan fingerprint density at radius 2 is 1.27 bits per heavy atom. The summed E-state index contributed by atoms with van der Waals surface area (Å²) in [7, 11) is 2.03. The third-order valence-corrected chi connectivity index (χ3v) is 5.73. The minimum absolute atomic E-state index is 0.00355. The molecule has 0 aliphatic carbocycles. The number of benzene rings is 3. The fourth-order valence-corrected chi connectivity index (χ4v) is 3.56. The number of hydrogen-bond acceptors (Lipinski definition) is 2. The van der Waals surface area contributed by atoms with Gasteiger partial charge in [-0.3, -0.25) is 0 Å². The molecule has 0 fully saturated rings. The Balaban J connectivity index is 1.70. The molecule has 0 radical (unpaired) electrons. The van der Waals surface area contributed by atoms with Gasteiger partial charge in [-0.25, -0.2) is 0 Å². The molecule has 0 spiro atoms. The smallest absolute Gasteiger partial charge is 0.139 e. The molecule has 3 nitrogen and oxygen atoms in total. The van der Waals surface area contributed by atoms with Crippen molar-refractivity contribution in [3.05, 3.63) is 108 Å². The lowest BCUT2D eigenvalue weighted by molar-refractivity contribution is -0.901. The van der Waals surface area contributed by atoms with Gasteiger partial charge in [0.25, 0.3) is 0 Å². The van der Waals surface area contributed by atoms with Gasteiger partial charge >= 0.3 is 0 Å². The lowest BCUT2D eigenvalue weighted by Crippen LogP contribution is -3.13. The van der Waals surface area contributed by atoms with Crippen molar-refractivity contribution in [2.24, 2.45) is 0 Å². The van der Waals surface area contributed by atoms with Gasteiger partial charge in [0.15, 0.2) is 0 Å². The highest BCUT2D eigenvalue weighted by Crippen LogP contribution is 2.32. The average molecular weight is 401 g/mol. The highest BCUT2D eigenvalue weighted by atomic mass is 16.3. The van der Waals surface area contributed by atoms with Crippen LogP contribution < -0.4 is 4.90 Å². The highest BCUT2D eigenvalue weighted by molar-refractivity contribution is 5.37. The molecule has 0 amide bonds. The van der Waals surface area contributed by atoms with Crippen LogP contribution in [0, 0.1) is 11.8 Å². The Bertz CT molecular complexity index is 922. The molecule has 154 valence electrons. The van der Waals surface area contributed by atoms with E-state index in [1.165, 1.54) is 0 Å². The summed E-state index contributed by atoms with van der Waals surface area (Å²) in [4.78, 5) is 1.13. The minimum Gasteiger partial charge on any atom is -0.382 e. The summed E-state index contributed by atoms with van der Waals surface area (Å²) in [5.74, 6) is 6.39. The molecule has 1 unspecified atom stereocenters. The van der Waals surface area contributed by atoms with Gasteiger partial charge in [0.1, 0.15) is 24.3 Å². The second-order valence-corrected chi connectivity index (χ2v) is 7.79.